The minimum Gasteiger partial charge on any atom is -0.355 e. The largest absolute Gasteiger partial charge is 0.355 e. The summed E-state index contributed by atoms with van der Waals surface area (Å²) < 4.78 is 22.1. The maximum atomic E-state index is 5.00. The van der Waals surface area contributed by atoms with Gasteiger partial charge in [0.2, 0.25) is 0 Å². The first-order chi connectivity index (χ1) is 26.0. The predicted molar refractivity (Wildman–Crippen MR) is 234 cm³/mol. The van der Waals surface area contributed by atoms with Gasteiger partial charge in [0.1, 0.15) is 0 Å². The maximum absolute atomic E-state index is 5.00. The van der Waals surface area contributed by atoms with Gasteiger partial charge in [-0.15, -0.1) is 0 Å². The summed E-state index contributed by atoms with van der Waals surface area (Å²) in [6.45, 7) is 25.8. The van der Waals surface area contributed by atoms with E-state index in [-0.39, 0.29) is 2.85 Å². The molecule has 0 atom stereocenters. The predicted octanol–water partition coefficient (Wildman–Crippen LogP) is 16.1. The fraction of sp³-hybridized carbons (Fsp3) is 0.333. The van der Waals surface area contributed by atoms with Crippen molar-refractivity contribution in [1.82, 2.24) is 4.57 Å². The van der Waals surface area contributed by atoms with E-state index in [9.17, 15) is 0 Å². The molecule has 1 nitrogen and oxygen atoms in total. The summed E-state index contributed by atoms with van der Waals surface area (Å²) in [5, 5.41) is 0. The van der Waals surface area contributed by atoms with Crippen molar-refractivity contribution < 1.29 is 8.79 Å². The van der Waals surface area contributed by atoms with Gasteiger partial charge in [0, 0.05) is 27.7 Å². The lowest BCUT2D eigenvalue weighted by molar-refractivity contribution is 0.769. The van der Waals surface area contributed by atoms with Crippen LogP contribution in [0, 0.1) is 20.8 Å². The second-order valence-corrected chi connectivity index (χ2v) is 10.1. The van der Waals surface area contributed by atoms with Gasteiger partial charge in [0.05, 0.1) is 0 Å². The summed E-state index contributed by atoms with van der Waals surface area (Å²) in [7, 11) is 0. The molecule has 1 heterocycles. The van der Waals surface area contributed by atoms with Gasteiger partial charge in [0.25, 0.3) is 0 Å². The van der Waals surface area contributed by atoms with Crippen molar-refractivity contribution in [3.05, 3.63) is 192 Å². The molecule has 5 aromatic rings. The molecule has 1 heteroatoms. The van der Waals surface area contributed by atoms with Crippen molar-refractivity contribution in [3.8, 4) is 0 Å². The van der Waals surface area contributed by atoms with Crippen molar-refractivity contribution in [2.24, 2.45) is 0 Å². The van der Waals surface area contributed by atoms with Crippen LogP contribution in [0.4, 0.5) is 0 Å². The fourth-order valence-electron chi connectivity index (χ4n) is 3.65. The highest BCUT2D eigenvalue weighted by atomic mass is 14.9. The van der Waals surface area contributed by atoms with Crippen LogP contribution in [0.5, 0.6) is 0 Å². The Balaban J connectivity index is -0.0000000954. The molecule has 276 valence electrons. The van der Waals surface area contributed by atoms with Crippen molar-refractivity contribution in [2.75, 3.05) is 0 Å². The number of hydrogen-bond acceptors (Lipinski definition) is 0. The first-order valence-corrected chi connectivity index (χ1v) is 18.5. The number of aromatic nitrogens is 1. The minimum absolute atomic E-state index is 0. The molecule has 0 unspecified atom stereocenters. The number of rotatable bonds is 3. The lowest BCUT2D eigenvalue weighted by Crippen LogP contribution is -1.85. The summed E-state index contributed by atoms with van der Waals surface area (Å²) in [4.78, 5) is 0. The molecule has 0 saturated carbocycles. The smallest absolute Gasteiger partial charge is 0.0191 e. The van der Waals surface area contributed by atoms with Crippen molar-refractivity contribution in [2.45, 2.75) is 109 Å². The van der Waals surface area contributed by atoms with Crippen molar-refractivity contribution in [3.63, 3.8) is 0 Å². The number of benzene rings is 4. The van der Waals surface area contributed by atoms with Crippen LogP contribution in [0.1, 0.15) is 106 Å². The molecule has 6 rings (SSSR count). The Morgan fingerprint density at radius 2 is 0.837 bits per heavy atom. The van der Waals surface area contributed by atoms with Crippen LogP contribution in [-0.4, -0.2) is 4.57 Å². The summed E-state index contributed by atoms with van der Waals surface area (Å²) in [6, 6.07) is 45.3. The molecule has 0 radical (unpaired) electrons. The van der Waals surface area contributed by atoms with E-state index < -0.39 is 0 Å². The van der Waals surface area contributed by atoms with Crippen LogP contribution in [0.15, 0.2) is 170 Å². The molecule has 0 N–H and O–H groups in total. The monoisotopic (exact) mass is 676 g/mol. The van der Waals surface area contributed by atoms with E-state index in [0.29, 0.717) is 0 Å². The Labute approximate surface area is 313 Å². The topological polar surface area (TPSA) is 4.93 Å². The summed E-state index contributed by atoms with van der Waals surface area (Å²) in [5.74, 6) is 0. The molecule has 0 saturated heterocycles. The molecule has 0 fully saturated rings. The summed E-state index contributed by atoms with van der Waals surface area (Å²) >= 11 is 0. The first kappa shape index (κ1) is 44.6. The second-order valence-electron chi connectivity index (χ2n) is 10.1. The Morgan fingerprint density at radius 1 is 0.490 bits per heavy atom. The van der Waals surface area contributed by atoms with E-state index in [1.807, 2.05) is 114 Å². The molecular formula is C48H79N. The molecule has 0 bridgehead atoms. The van der Waals surface area contributed by atoms with Gasteiger partial charge in [-0.2, -0.15) is 0 Å². The van der Waals surface area contributed by atoms with E-state index in [0.717, 1.165) is 13.0 Å². The standard InChI is InChI=1S/C8H10.3C7H8.C7H10.C6H9N.3C2H6.4H2/c1-2-8-6-4-3-5-7-8;3*1-7-5-3-2-4-6-7;2*1-2-7-5-3-4-6-7;3*1-2;;;;/h3-7H,2H2,1H3;3*2-6H,1H3;3-5H,2,6H2,1H3;3-6H,2H2,1H3;3*1-2H3;4*1H/i;;;;;;;;;2*1+1D;2*1+1. The van der Waals surface area contributed by atoms with Gasteiger partial charge in [0.15, 0.2) is 0 Å². The average Bonchev–Trinajstić information content (AvgIpc) is 4.00. The average molecular weight is 676 g/mol. The zero-order valence-corrected chi connectivity index (χ0v) is 33.4. The van der Waals surface area contributed by atoms with Gasteiger partial charge in [-0.1, -0.05) is 217 Å². The zero-order chi connectivity index (χ0) is 41.4. The Morgan fingerprint density at radius 3 is 1.00 bits per heavy atom. The van der Waals surface area contributed by atoms with Crippen LogP contribution < -0.4 is 0 Å². The zero-order valence-electron chi connectivity index (χ0n) is 37.4. The van der Waals surface area contributed by atoms with Gasteiger partial charge in [-0.05, 0) is 64.7 Å². The quantitative estimate of drug-likeness (QED) is 0.179. The Bertz CT molecular complexity index is 1260. The number of nitrogens with zero attached hydrogens (tertiary/aromatic N) is 1. The molecule has 1 aliphatic carbocycles. The molecular weight excluding hydrogens is 591 g/mol. The van der Waals surface area contributed by atoms with Gasteiger partial charge in [-0.25, -0.2) is 0 Å². The normalized spacial score (nSPS) is 9.76. The van der Waals surface area contributed by atoms with Gasteiger partial charge >= 0.3 is 0 Å². The highest BCUT2D eigenvalue weighted by molar-refractivity contribution is 5.22. The second kappa shape index (κ2) is 39.8. The molecule has 4 aromatic carbocycles. The van der Waals surface area contributed by atoms with E-state index in [1.54, 1.807) is 5.57 Å². The van der Waals surface area contributed by atoms with Gasteiger partial charge in [-0.3, -0.25) is 0 Å². The third-order valence-corrected chi connectivity index (χ3v) is 6.41. The number of allylic oxidation sites excluding steroid dienone is 4. The van der Waals surface area contributed by atoms with Crippen LogP contribution in [0.2, 0.25) is 0 Å². The molecule has 1 aromatic heterocycles. The van der Waals surface area contributed by atoms with Crippen LogP contribution in [0.25, 0.3) is 0 Å². The molecule has 0 amide bonds. The van der Waals surface area contributed by atoms with Crippen molar-refractivity contribution in [1.29, 1.82) is 0 Å². The maximum Gasteiger partial charge on any atom is 0.0191 e. The van der Waals surface area contributed by atoms with E-state index in [2.05, 4.69) is 137 Å². The van der Waals surface area contributed by atoms with E-state index >= 15 is 0 Å². The SMILES string of the molecule is CC.CC.CC.CCC1=CC=CC1.CCc1ccccc1.CCn1cccc1.Cc1ccccc1.Cc1ccccc1.Cc1ccccc1.[2HH].[2HH].[2H][2H].[2H][2H]. The Hall–Kier alpha value is -4.36. The van der Waals surface area contributed by atoms with Crippen LogP contribution in [-0.2, 0) is 13.0 Å². The minimum atomic E-state index is 0. The fourth-order valence-corrected chi connectivity index (χ4v) is 3.65. The molecule has 49 heavy (non-hydrogen) atoms. The van der Waals surface area contributed by atoms with E-state index in [1.165, 1.54) is 35.1 Å². The number of hydrogen-bond donors (Lipinski definition) is 0. The number of aryl methyl sites for hydroxylation is 5. The van der Waals surface area contributed by atoms with Crippen molar-refractivity contribution >= 4 is 0 Å². The summed E-state index contributed by atoms with van der Waals surface area (Å²) in [6.07, 6.45) is 14.2. The van der Waals surface area contributed by atoms with Gasteiger partial charge < -0.3 is 4.57 Å². The molecule has 0 aliphatic heterocycles. The van der Waals surface area contributed by atoms with E-state index in [4.69, 9.17) is 5.94 Å². The molecule has 1 aliphatic rings. The van der Waals surface area contributed by atoms with Crippen LogP contribution >= 0.6 is 0 Å². The third kappa shape index (κ3) is 33.3. The Kier molecular flexibility index (Phi) is 36.3. The third-order valence-electron chi connectivity index (χ3n) is 6.41. The van der Waals surface area contributed by atoms with Crippen LogP contribution in [0.3, 0.4) is 0 Å². The lowest BCUT2D eigenvalue weighted by atomic mass is 10.2. The molecule has 0 spiro atoms. The lowest BCUT2D eigenvalue weighted by Gasteiger charge is -1.89. The highest BCUT2D eigenvalue weighted by Crippen LogP contribution is 2.12. The summed E-state index contributed by atoms with van der Waals surface area (Å²) in [5.41, 5.74) is 6.93. The highest BCUT2D eigenvalue weighted by Gasteiger charge is 1.92. The first-order valence-electron chi connectivity index (χ1n) is 20.5.